The fourth-order valence-electron chi connectivity index (χ4n) is 1.41. The highest BCUT2D eigenvalue weighted by Crippen LogP contribution is 2.21. The molecule has 0 aliphatic rings. The molecule has 0 aliphatic heterocycles. The van der Waals surface area contributed by atoms with Crippen LogP contribution in [0.4, 0.5) is 10.5 Å². The predicted octanol–water partition coefficient (Wildman–Crippen LogP) is 3.24. The smallest absolute Gasteiger partial charge is 0.337 e. The summed E-state index contributed by atoms with van der Waals surface area (Å²) in [6.45, 7) is 2.40. The van der Waals surface area contributed by atoms with Gasteiger partial charge >= 0.3 is 12.0 Å². The summed E-state index contributed by atoms with van der Waals surface area (Å²) in [4.78, 5) is 22.6. The van der Waals surface area contributed by atoms with Gasteiger partial charge in [0.25, 0.3) is 0 Å². The Morgan fingerprint density at radius 1 is 1.42 bits per heavy atom. The van der Waals surface area contributed by atoms with E-state index in [1.807, 2.05) is 19.1 Å². The van der Waals surface area contributed by atoms with Crippen molar-refractivity contribution in [3.63, 3.8) is 0 Å². The number of hydrogen-bond acceptors (Lipinski definition) is 2. The van der Waals surface area contributed by atoms with E-state index in [2.05, 4.69) is 26.6 Å². The lowest BCUT2D eigenvalue weighted by atomic mass is 10.2. The minimum atomic E-state index is -1.09. The van der Waals surface area contributed by atoms with Gasteiger partial charge in [-0.05, 0) is 31.5 Å². The van der Waals surface area contributed by atoms with Crippen molar-refractivity contribution >= 4 is 33.6 Å². The van der Waals surface area contributed by atoms with Gasteiger partial charge in [-0.2, -0.15) is 0 Å². The highest BCUT2D eigenvalue weighted by molar-refractivity contribution is 9.10. The maximum Gasteiger partial charge on any atom is 0.337 e. The van der Waals surface area contributed by atoms with Crippen molar-refractivity contribution in [2.75, 3.05) is 11.9 Å². The zero-order valence-corrected chi connectivity index (χ0v) is 12.0. The van der Waals surface area contributed by atoms with Gasteiger partial charge in [0.05, 0.1) is 11.3 Å². The molecule has 0 aromatic heterocycles. The zero-order valence-electron chi connectivity index (χ0n) is 10.4. The number of urea groups is 1. The van der Waals surface area contributed by atoms with E-state index in [0.717, 1.165) is 6.42 Å². The molecule has 6 heteroatoms. The van der Waals surface area contributed by atoms with Crippen molar-refractivity contribution in [1.29, 1.82) is 0 Å². The molecule has 1 aromatic carbocycles. The number of nitrogens with one attached hydrogen (secondary N) is 2. The Morgan fingerprint density at radius 3 is 2.79 bits per heavy atom. The Morgan fingerprint density at radius 2 is 2.16 bits per heavy atom. The number of carboxylic acids is 1. The maximum absolute atomic E-state index is 11.6. The molecule has 0 heterocycles. The second-order valence-electron chi connectivity index (χ2n) is 3.73. The molecule has 2 amide bonds. The Hall–Kier alpha value is -1.82. The molecule has 0 saturated carbocycles. The van der Waals surface area contributed by atoms with Crippen molar-refractivity contribution in [3.05, 3.63) is 40.4 Å². The summed E-state index contributed by atoms with van der Waals surface area (Å²) in [5, 5.41) is 14.2. The van der Waals surface area contributed by atoms with E-state index in [9.17, 15) is 9.59 Å². The van der Waals surface area contributed by atoms with Crippen LogP contribution in [0, 0.1) is 0 Å². The molecule has 0 unspecified atom stereocenters. The molecule has 0 atom stereocenters. The zero-order chi connectivity index (χ0) is 14.3. The number of anilines is 1. The second kappa shape index (κ2) is 7.58. The van der Waals surface area contributed by atoms with Crippen LogP contribution in [0.25, 0.3) is 0 Å². The van der Waals surface area contributed by atoms with E-state index < -0.39 is 12.0 Å². The Bertz CT molecular complexity index is 501. The number of halogens is 1. The third-order valence-corrected chi connectivity index (χ3v) is 2.79. The van der Waals surface area contributed by atoms with Gasteiger partial charge in [-0.3, -0.25) is 0 Å². The van der Waals surface area contributed by atoms with Gasteiger partial charge in [-0.15, -0.1) is 0 Å². The standard InChI is InChI=1S/C13H15BrN2O3/c1-2-3-4-7-15-13(19)16-11-8-9(14)5-6-10(11)12(17)18/h2-3,5-6,8H,4,7H2,1H3,(H,17,18)(H2,15,16,19)/b3-2+. The number of rotatable bonds is 5. The Labute approximate surface area is 119 Å². The Balaban J connectivity index is 2.67. The average Bonchev–Trinajstić information content (AvgIpc) is 2.34. The van der Waals surface area contributed by atoms with Crippen molar-refractivity contribution in [3.8, 4) is 0 Å². The summed E-state index contributed by atoms with van der Waals surface area (Å²) in [7, 11) is 0. The SMILES string of the molecule is C/C=C/CCNC(=O)Nc1cc(Br)ccc1C(=O)O. The molecule has 1 aromatic rings. The van der Waals surface area contributed by atoms with Gasteiger partial charge < -0.3 is 15.7 Å². The summed E-state index contributed by atoms with van der Waals surface area (Å²) >= 11 is 3.23. The van der Waals surface area contributed by atoms with Crippen molar-refractivity contribution in [1.82, 2.24) is 5.32 Å². The molecule has 0 saturated heterocycles. The molecule has 19 heavy (non-hydrogen) atoms. The van der Waals surface area contributed by atoms with E-state index in [0.29, 0.717) is 11.0 Å². The molecule has 0 fully saturated rings. The third-order valence-electron chi connectivity index (χ3n) is 2.29. The largest absolute Gasteiger partial charge is 0.478 e. The lowest BCUT2D eigenvalue weighted by Crippen LogP contribution is -2.30. The van der Waals surface area contributed by atoms with Crippen LogP contribution in [0.1, 0.15) is 23.7 Å². The number of carbonyl (C=O) groups excluding carboxylic acids is 1. The van der Waals surface area contributed by atoms with Crippen molar-refractivity contribution in [2.24, 2.45) is 0 Å². The maximum atomic E-state index is 11.6. The number of benzene rings is 1. The van der Waals surface area contributed by atoms with Crippen LogP contribution in [-0.4, -0.2) is 23.7 Å². The van der Waals surface area contributed by atoms with Crippen LogP contribution >= 0.6 is 15.9 Å². The number of allylic oxidation sites excluding steroid dienone is 1. The van der Waals surface area contributed by atoms with Gasteiger partial charge in [0.1, 0.15) is 0 Å². The Kier molecular flexibility index (Phi) is 6.08. The van der Waals surface area contributed by atoms with Crippen LogP contribution in [-0.2, 0) is 0 Å². The number of carbonyl (C=O) groups is 2. The lowest BCUT2D eigenvalue weighted by molar-refractivity contribution is 0.0698. The van der Waals surface area contributed by atoms with Crippen LogP contribution in [0.3, 0.4) is 0 Å². The van der Waals surface area contributed by atoms with Crippen LogP contribution in [0.2, 0.25) is 0 Å². The molecular weight excluding hydrogens is 312 g/mol. The van der Waals surface area contributed by atoms with E-state index in [1.165, 1.54) is 6.07 Å². The molecule has 0 radical (unpaired) electrons. The van der Waals surface area contributed by atoms with Crippen LogP contribution in [0.15, 0.2) is 34.8 Å². The van der Waals surface area contributed by atoms with E-state index in [4.69, 9.17) is 5.11 Å². The molecule has 0 aliphatic carbocycles. The number of hydrogen-bond donors (Lipinski definition) is 3. The van der Waals surface area contributed by atoms with Gasteiger partial charge in [0.2, 0.25) is 0 Å². The predicted molar refractivity (Wildman–Crippen MR) is 77.6 cm³/mol. The number of amides is 2. The summed E-state index contributed by atoms with van der Waals surface area (Å²) in [6, 6.07) is 4.17. The molecule has 0 spiro atoms. The number of carboxylic acid groups (broad SMARTS) is 1. The second-order valence-corrected chi connectivity index (χ2v) is 4.65. The summed E-state index contributed by atoms with van der Waals surface area (Å²) in [5.41, 5.74) is 0.303. The first-order valence-electron chi connectivity index (χ1n) is 5.73. The fraction of sp³-hybridized carbons (Fsp3) is 0.231. The van der Waals surface area contributed by atoms with Crippen LogP contribution < -0.4 is 10.6 Å². The van der Waals surface area contributed by atoms with E-state index >= 15 is 0 Å². The fourth-order valence-corrected chi connectivity index (χ4v) is 1.77. The molecular formula is C13H15BrN2O3. The molecule has 5 nitrogen and oxygen atoms in total. The van der Waals surface area contributed by atoms with E-state index in [-0.39, 0.29) is 11.3 Å². The third kappa shape index (κ3) is 5.13. The molecule has 1 rings (SSSR count). The summed E-state index contributed by atoms with van der Waals surface area (Å²) in [5.74, 6) is -1.09. The lowest BCUT2D eigenvalue weighted by Gasteiger charge is -2.09. The van der Waals surface area contributed by atoms with E-state index in [1.54, 1.807) is 12.1 Å². The first-order chi connectivity index (χ1) is 9.04. The highest BCUT2D eigenvalue weighted by atomic mass is 79.9. The topological polar surface area (TPSA) is 78.4 Å². The molecule has 0 bridgehead atoms. The molecule has 102 valence electrons. The van der Waals surface area contributed by atoms with Gasteiger partial charge in [-0.1, -0.05) is 28.1 Å². The van der Waals surface area contributed by atoms with Gasteiger partial charge in [0, 0.05) is 11.0 Å². The average molecular weight is 327 g/mol. The van der Waals surface area contributed by atoms with Crippen molar-refractivity contribution in [2.45, 2.75) is 13.3 Å². The number of aromatic carboxylic acids is 1. The quantitative estimate of drug-likeness (QED) is 0.574. The van der Waals surface area contributed by atoms with Gasteiger partial charge in [0.15, 0.2) is 0 Å². The van der Waals surface area contributed by atoms with Crippen LogP contribution in [0.5, 0.6) is 0 Å². The molecule has 3 N–H and O–H groups in total. The summed E-state index contributed by atoms with van der Waals surface area (Å²) in [6.07, 6.45) is 4.56. The first kappa shape index (κ1) is 15.2. The summed E-state index contributed by atoms with van der Waals surface area (Å²) < 4.78 is 0.696. The monoisotopic (exact) mass is 326 g/mol. The minimum absolute atomic E-state index is 0.0480. The minimum Gasteiger partial charge on any atom is -0.478 e. The normalized spacial score (nSPS) is 10.4. The first-order valence-corrected chi connectivity index (χ1v) is 6.52. The van der Waals surface area contributed by atoms with Crippen molar-refractivity contribution < 1.29 is 14.7 Å². The highest BCUT2D eigenvalue weighted by Gasteiger charge is 2.12. The van der Waals surface area contributed by atoms with Gasteiger partial charge in [-0.25, -0.2) is 9.59 Å².